The topological polar surface area (TPSA) is 33.1 Å². The second-order valence-electron chi connectivity index (χ2n) is 8.46. The number of halogens is 1. The molecule has 0 fully saturated rings. The van der Waals surface area contributed by atoms with Gasteiger partial charge in [-0.1, -0.05) is 65.7 Å². The number of unbranched alkanes of at least 4 members (excludes halogenated alkanes) is 2. The van der Waals surface area contributed by atoms with Crippen LogP contribution in [0.3, 0.4) is 0 Å². The molecule has 1 aromatic heterocycles. The fourth-order valence-corrected chi connectivity index (χ4v) is 3.96. The fraction of sp³-hybridized carbons (Fsp3) is 0.500. The number of aliphatic hydroxyl groups is 1. The molecular weight excluding hydrogens is 361 g/mol. The summed E-state index contributed by atoms with van der Waals surface area (Å²) >= 11 is 0. The van der Waals surface area contributed by atoms with Gasteiger partial charge in [0.05, 0.1) is 6.10 Å². The lowest BCUT2D eigenvalue weighted by atomic mass is 9.83. The fourth-order valence-electron chi connectivity index (χ4n) is 3.96. The van der Waals surface area contributed by atoms with Crippen LogP contribution in [0.15, 0.2) is 36.9 Å². The first-order chi connectivity index (χ1) is 13.8. The Labute approximate surface area is 175 Å². The first-order valence-electron chi connectivity index (χ1n) is 10.9. The first kappa shape index (κ1) is 23.3. The van der Waals surface area contributed by atoms with Gasteiger partial charge in [0.25, 0.3) is 0 Å². The van der Waals surface area contributed by atoms with Gasteiger partial charge >= 0.3 is 0 Å². The zero-order valence-corrected chi connectivity index (χ0v) is 18.6. The van der Waals surface area contributed by atoms with Crippen LogP contribution < -0.4 is 0 Å². The Balaban J connectivity index is 2.88. The van der Waals surface area contributed by atoms with Crippen molar-refractivity contribution < 1.29 is 9.50 Å². The van der Waals surface area contributed by atoms with Gasteiger partial charge in [0, 0.05) is 17.0 Å². The summed E-state index contributed by atoms with van der Waals surface area (Å²) in [5, 5.41) is 11.1. The smallest absolute Gasteiger partial charge is 0.123 e. The second kappa shape index (κ2) is 10.7. The number of benzene rings is 1. The summed E-state index contributed by atoms with van der Waals surface area (Å²) in [5.41, 5.74) is 6.09. The second-order valence-corrected chi connectivity index (χ2v) is 8.46. The Hall–Kier alpha value is -2.00. The van der Waals surface area contributed by atoms with E-state index < -0.39 is 6.10 Å². The Kier molecular flexibility index (Phi) is 8.58. The average molecular weight is 398 g/mol. The molecule has 0 saturated heterocycles. The van der Waals surface area contributed by atoms with E-state index in [1.54, 1.807) is 6.08 Å². The zero-order valence-electron chi connectivity index (χ0n) is 18.6. The van der Waals surface area contributed by atoms with Crippen LogP contribution in [0.25, 0.3) is 11.1 Å². The summed E-state index contributed by atoms with van der Waals surface area (Å²) < 4.78 is 13.7. The minimum absolute atomic E-state index is 0.172. The van der Waals surface area contributed by atoms with E-state index in [4.69, 9.17) is 4.98 Å². The quantitative estimate of drug-likeness (QED) is 0.333. The highest BCUT2D eigenvalue weighted by Crippen LogP contribution is 2.41. The highest BCUT2D eigenvalue weighted by Gasteiger charge is 2.26. The van der Waals surface area contributed by atoms with Crippen molar-refractivity contribution in [3.05, 3.63) is 65.3 Å². The van der Waals surface area contributed by atoms with Gasteiger partial charge in [-0.15, -0.1) is 6.58 Å². The number of pyridine rings is 1. The maximum atomic E-state index is 13.7. The first-order valence-corrected chi connectivity index (χ1v) is 10.9. The number of hydrogen-bond acceptors (Lipinski definition) is 2. The molecule has 1 aromatic carbocycles. The molecule has 0 aliphatic carbocycles. The van der Waals surface area contributed by atoms with E-state index in [0.29, 0.717) is 6.42 Å². The number of hydrogen-bond donors (Lipinski definition) is 1. The predicted octanol–water partition coefficient (Wildman–Crippen LogP) is 7.48. The van der Waals surface area contributed by atoms with Gasteiger partial charge in [-0.25, -0.2) is 4.39 Å². The molecule has 3 heteroatoms. The van der Waals surface area contributed by atoms with E-state index in [0.717, 1.165) is 53.8 Å². The van der Waals surface area contributed by atoms with E-state index in [2.05, 4.69) is 41.2 Å². The average Bonchev–Trinajstić information content (AvgIpc) is 2.68. The van der Waals surface area contributed by atoms with E-state index in [1.807, 2.05) is 12.1 Å². The van der Waals surface area contributed by atoms with E-state index in [-0.39, 0.29) is 17.7 Å². The van der Waals surface area contributed by atoms with Crippen LogP contribution in [0, 0.1) is 5.82 Å². The lowest BCUT2D eigenvalue weighted by molar-refractivity contribution is 0.180. The summed E-state index contributed by atoms with van der Waals surface area (Å²) in [5.74, 6) is 0.191. The molecule has 0 aliphatic rings. The van der Waals surface area contributed by atoms with Crippen LogP contribution in [-0.2, 0) is 6.42 Å². The molecule has 1 unspecified atom stereocenters. The maximum Gasteiger partial charge on any atom is 0.123 e. The minimum atomic E-state index is -0.677. The van der Waals surface area contributed by atoms with Gasteiger partial charge in [0.1, 0.15) is 5.82 Å². The van der Waals surface area contributed by atoms with Gasteiger partial charge in [0.15, 0.2) is 0 Å². The van der Waals surface area contributed by atoms with Crippen molar-refractivity contribution in [3.8, 4) is 11.1 Å². The molecule has 0 bridgehead atoms. The molecule has 2 rings (SSSR count). The Morgan fingerprint density at radius 1 is 1.03 bits per heavy atom. The van der Waals surface area contributed by atoms with Gasteiger partial charge in [-0.3, -0.25) is 4.98 Å². The van der Waals surface area contributed by atoms with Gasteiger partial charge in [-0.05, 0) is 59.9 Å². The van der Waals surface area contributed by atoms with Crippen LogP contribution in [0.4, 0.5) is 4.39 Å². The lowest BCUT2D eigenvalue weighted by Crippen LogP contribution is -2.15. The SMILES string of the molecule is C=CCC(O)c1c(C(C)C)nc(C(C)C)c(CCCCC)c1-c1ccc(F)cc1. The molecule has 0 radical (unpaired) electrons. The van der Waals surface area contributed by atoms with Crippen LogP contribution in [-0.4, -0.2) is 10.1 Å². The molecule has 158 valence electrons. The molecule has 1 N–H and O–H groups in total. The van der Waals surface area contributed by atoms with Crippen molar-refractivity contribution in [2.24, 2.45) is 0 Å². The monoisotopic (exact) mass is 397 g/mol. The molecule has 2 aromatic rings. The Bertz CT molecular complexity index is 808. The van der Waals surface area contributed by atoms with Gasteiger partial charge < -0.3 is 5.11 Å². The van der Waals surface area contributed by atoms with Gasteiger partial charge in [0.2, 0.25) is 0 Å². The number of aliphatic hydroxyl groups excluding tert-OH is 1. The maximum absolute atomic E-state index is 13.7. The zero-order chi connectivity index (χ0) is 21.6. The number of aromatic nitrogens is 1. The van der Waals surface area contributed by atoms with E-state index in [9.17, 15) is 9.50 Å². The van der Waals surface area contributed by atoms with Crippen LogP contribution >= 0.6 is 0 Å². The van der Waals surface area contributed by atoms with Crippen molar-refractivity contribution in [2.75, 3.05) is 0 Å². The Morgan fingerprint density at radius 3 is 2.17 bits per heavy atom. The third-order valence-electron chi connectivity index (χ3n) is 5.38. The predicted molar refractivity (Wildman–Crippen MR) is 121 cm³/mol. The highest BCUT2D eigenvalue weighted by molar-refractivity contribution is 5.74. The third-order valence-corrected chi connectivity index (χ3v) is 5.38. The van der Waals surface area contributed by atoms with Crippen LogP contribution in [0.1, 0.15) is 101 Å². The number of nitrogens with zero attached hydrogens (tertiary/aromatic N) is 1. The molecule has 2 nitrogen and oxygen atoms in total. The third kappa shape index (κ3) is 5.54. The van der Waals surface area contributed by atoms with Crippen LogP contribution in [0.5, 0.6) is 0 Å². The normalized spacial score (nSPS) is 12.6. The summed E-state index contributed by atoms with van der Waals surface area (Å²) in [6.07, 6.45) is 5.81. The minimum Gasteiger partial charge on any atom is -0.388 e. The molecule has 0 saturated carbocycles. The molecule has 0 aliphatic heterocycles. The highest BCUT2D eigenvalue weighted by atomic mass is 19.1. The number of rotatable bonds is 10. The molecular formula is C26H36FNO. The van der Waals surface area contributed by atoms with E-state index >= 15 is 0 Å². The summed E-state index contributed by atoms with van der Waals surface area (Å²) in [7, 11) is 0. The molecule has 1 heterocycles. The molecule has 0 amide bonds. The van der Waals surface area contributed by atoms with Crippen molar-refractivity contribution in [3.63, 3.8) is 0 Å². The summed E-state index contributed by atoms with van der Waals surface area (Å²) in [4.78, 5) is 5.09. The van der Waals surface area contributed by atoms with Crippen LogP contribution in [0.2, 0.25) is 0 Å². The standard InChI is InChI=1S/C26H36FNO/c1-7-9-10-12-21-23(19-13-15-20(27)16-14-19)24(22(29)11-8-2)26(18(5)6)28-25(21)17(3)4/h8,13-18,22,29H,2,7,9-12H2,1,3-6H3. The molecule has 1 atom stereocenters. The van der Waals surface area contributed by atoms with Crippen molar-refractivity contribution >= 4 is 0 Å². The van der Waals surface area contributed by atoms with Crippen molar-refractivity contribution in [1.29, 1.82) is 0 Å². The Morgan fingerprint density at radius 2 is 1.66 bits per heavy atom. The van der Waals surface area contributed by atoms with Crippen molar-refractivity contribution in [1.82, 2.24) is 4.98 Å². The molecule has 29 heavy (non-hydrogen) atoms. The largest absolute Gasteiger partial charge is 0.388 e. The van der Waals surface area contributed by atoms with Gasteiger partial charge in [-0.2, -0.15) is 0 Å². The lowest BCUT2D eigenvalue weighted by Gasteiger charge is -2.27. The summed E-state index contributed by atoms with van der Waals surface area (Å²) in [6.45, 7) is 14.6. The van der Waals surface area contributed by atoms with Crippen molar-refractivity contribution in [2.45, 2.75) is 84.7 Å². The summed E-state index contributed by atoms with van der Waals surface area (Å²) in [6, 6.07) is 6.65. The van der Waals surface area contributed by atoms with E-state index in [1.165, 1.54) is 17.7 Å². The molecule has 0 spiro atoms.